The molecule has 1 aliphatic heterocycles. The predicted octanol–water partition coefficient (Wildman–Crippen LogP) is 5.50. The Balaban J connectivity index is 1.78. The molecular weight excluding hydrogens is 421 g/mol. The van der Waals surface area contributed by atoms with Gasteiger partial charge in [-0.05, 0) is 86.0 Å². The fourth-order valence-corrected chi connectivity index (χ4v) is 4.31. The summed E-state index contributed by atoms with van der Waals surface area (Å²) in [6, 6.07) is 15.0. The molecule has 1 atom stereocenters. The van der Waals surface area contributed by atoms with Crippen molar-refractivity contribution in [2.75, 3.05) is 4.90 Å². The Morgan fingerprint density at radius 2 is 1.58 bits per heavy atom. The molecule has 4 aromatic rings. The number of hydrogen-bond donors (Lipinski definition) is 0. The standard InChI is InChI=1S/C27H20FNO4/c1-14-12-21-22(13-15(14)2)33-26-23(25(21)31)24(18-4-8-19(28)9-5-18)29(27(26)32)20-10-6-17(7-11-20)16(3)30/h4-13,24H,1-3H3. The van der Waals surface area contributed by atoms with Crippen molar-refractivity contribution in [2.24, 2.45) is 0 Å². The number of carbonyl (C=O) groups is 2. The molecule has 1 unspecified atom stereocenters. The molecule has 33 heavy (non-hydrogen) atoms. The average Bonchev–Trinajstić information content (AvgIpc) is 3.08. The summed E-state index contributed by atoms with van der Waals surface area (Å²) in [5.74, 6) is -1.01. The zero-order valence-corrected chi connectivity index (χ0v) is 18.3. The Bertz CT molecular complexity index is 1500. The van der Waals surface area contributed by atoms with Gasteiger partial charge >= 0.3 is 0 Å². The smallest absolute Gasteiger partial charge is 0.295 e. The van der Waals surface area contributed by atoms with Gasteiger partial charge in [0.2, 0.25) is 5.76 Å². The van der Waals surface area contributed by atoms with Crippen LogP contribution in [0.5, 0.6) is 0 Å². The first-order chi connectivity index (χ1) is 15.8. The Morgan fingerprint density at radius 3 is 2.21 bits per heavy atom. The predicted molar refractivity (Wildman–Crippen MR) is 123 cm³/mol. The lowest BCUT2D eigenvalue weighted by Gasteiger charge is -2.25. The van der Waals surface area contributed by atoms with Crippen LogP contribution in [0.3, 0.4) is 0 Å². The molecule has 0 saturated carbocycles. The van der Waals surface area contributed by atoms with Gasteiger partial charge in [-0.25, -0.2) is 4.39 Å². The SMILES string of the molecule is CC(=O)c1ccc(N2C(=O)c3oc4cc(C)c(C)cc4c(=O)c3C2c2ccc(F)cc2)cc1. The minimum Gasteiger partial charge on any atom is -0.450 e. The fourth-order valence-electron chi connectivity index (χ4n) is 4.31. The molecule has 1 amide bonds. The van der Waals surface area contributed by atoms with Crippen LogP contribution in [0.15, 0.2) is 69.9 Å². The van der Waals surface area contributed by atoms with Crippen LogP contribution in [-0.2, 0) is 0 Å². The number of halogens is 1. The van der Waals surface area contributed by atoms with Crippen molar-refractivity contribution in [3.63, 3.8) is 0 Å². The topological polar surface area (TPSA) is 67.6 Å². The fraction of sp³-hybridized carbons (Fsp3) is 0.148. The molecule has 0 saturated heterocycles. The summed E-state index contributed by atoms with van der Waals surface area (Å²) in [5.41, 5.74) is 3.75. The summed E-state index contributed by atoms with van der Waals surface area (Å²) in [6.45, 7) is 5.28. The summed E-state index contributed by atoms with van der Waals surface area (Å²) >= 11 is 0. The number of nitrogens with zero attached hydrogens (tertiary/aromatic N) is 1. The first-order valence-corrected chi connectivity index (χ1v) is 10.5. The number of aryl methyl sites for hydroxylation is 2. The van der Waals surface area contributed by atoms with E-state index in [-0.39, 0.29) is 22.5 Å². The highest BCUT2D eigenvalue weighted by Gasteiger charge is 2.43. The van der Waals surface area contributed by atoms with E-state index in [0.29, 0.717) is 27.8 Å². The van der Waals surface area contributed by atoms with Gasteiger partial charge in [-0.3, -0.25) is 19.3 Å². The van der Waals surface area contributed by atoms with Crippen LogP contribution in [0.4, 0.5) is 10.1 Å². The molecule has 0 fully saturated rings. The van der Waals surface area contributed by atoms with Crippen LogP contribution >= 0.6 is 0 Å². The van der Waals surface area contributed by atoms with Crippen molar-refractivity contribution in [1.29, 1.82) is 0 Å². The van der Waals surface area contributed by atoms with E-state index in [4.69, 9.17) is 4.42 Å². The molecule has 6 heteroatoms. The van der Waals surface area contributed by atoms with Gasteiger partial charge in [-0.2, -0.15) is 0 Å². The first-order valence-electron chi connectivity index (χ1n) is 10.5. The highest BCUT2D eigenvalue weighted by molar-refractivity contribution is 6.11. The summed E-state index contributed by atoms with van der Waals surface area (Å²) < 4.78 is 19.7. The lowest BCUT2D eigenvalue weighted by atomic mass is 9.97. The van der Waals surface area contributed by atoms with E-state index < -0.39 is 17.8 Å². The summed E-state index contributed by atoms with van der Waals surface area (Å²) in [6.07, 6.45) is 0. The van der Waals surface area contributed by atoms with E-state index in [1.165, 1.54) is 24.0 Å². The van der Waals surface area contributed by atoms with Crippen molar-refractivity contribution >= 4 is 28.3 Å². The van der Waals surface area contributed by atoms with Gasteiger partial charge in [-0.15, -0.1) is 0 Å². The Hall–Kier alpha value is -4.06. The van der Waals surface area contributed by atoms with Crippen LogP contribution in [0.25, 0.3) is 11.0 Å². The molecule has 3 aromatic carbocycles. The van der Waals surface area contributed by atoms with Gasteiger partial charge in [0.1, 0.15) is 11.4 Å². The molecular formula is C27H20FNO4. The largest absolute Gasteiger partial charge is 0.450 e. The number of hydrogen-bond acceptors (Lipinski definition) is 4. The minimum atomic E-state index is -0.793. The van der Waals surface area contributed by atoms with Gasteiger partial charge in [0, 0.05) is 11.3 Å². The highest BCUT2D eigenvalue weighted by Crippen LogP contribution is 2.41. The number of fused-ring (bicyclic) bond motifs is 2. The number of carbonyl (C=O) groups excluding carboxylic acids is 2. The second kappa shape index (κ2) is 7.52. The maximum atomic E-state index is 13.7. The molecule has 0 N–H and O–H groups in total. The highest BCUT2D eigenvalue weighted by atomic mass is 19.1. The first kappa shape index (κ1) is 20.8. The molecule has 1 aliphatic rings. The number of ketones is 1. The van der Waals surface area contributed by atoms with Crippen LogP contribution in [0, 0.1) is 19.7 Å². The maximum absolute atomic E-state index is 13.7. The number of Topliss-reactive ketones (excluding diaryl/α,β-unsaturated/α-hetero) is 1. The van der Waals surface area contributed by atoms with E-state index in [2.05, 4.69) is 0 Å². The number of anilines is 1. The van der Waals surface area contributed by atoms with E-state index in [9.17, 15) is 18.8 Å². The zero-order chi connectivity index (χ0) is 23.4. The van der Waals surface area contributed by atoms with E-state index >= 15 is 0 Å². The van der Waals surface area contributed by atoms with Gasteiger partial charge in [0.15, 0.2) is 11.2 Å². The van der Waals surface area contributed by atoms with Crippen LogP contribution in [0.2, 0.25) is 0 Å². The van der Waals surface area contributed by atoms with E-state index in [1.807, 2.05) is 13.8 Å². The normalized spacial score (nSPS) is 15.2. The van der Waals surface area contributed by atoms with E-state index in [1.54, 1.807) is 48.5 Å². The summed E-state index contributed by atoms with van der Waals surface area (Å²) in [5, 5.41) is 0.394. The number of benzene rings is 3. The molecule has 5 nitrogen and oxygen atoms in total. The van der Waals surface area contributed by atoms with Crippen molar-refractivity contribution in [3.8, 4) is 0 Å². The third kappa shape index (κ3) is 3.26. The quantitative estimate of drug-likeness (QED) is 0.394. The summed E-state index contributed by atoms with van der Waals surface area (Å²) in [7, 11) is 0. The van der Waals surface area contributed by atoms with Gasteiger partial charge in [0.05, 0.1) is 17.0 Å². The molecule has 1 aromatic heterocycles. The molecule has 0 bridgehead atoms. The van der Waals surface area contributed by atoms with Crippen molar-refractivity contribution in [3.05, 3.63) is 110 Å². The zero-order valence-electron chi connectivity index (χ0n) is 18.3. The third-order valence-corrected chi connectivity index (χ3v) is 6.22. The number of amides is 1. The van der Waals surface area contributed by atoms with Crippen molar-refractivity contribution < 1.29 is 18.4 Å². The lowest BCUT2D eigenvalue weighted by Crippen LogP contribution is -2.29. The molecule has 0 spiro atoms. The second-order valence-corrected chi connectivity index (χ2v) is 8.34. The Morgan fingerprint density at radius 1 is 0.939 bits per heavy atom. The molecule has 2 heterocycles. The third-order valence-electron chi connectivity index (χ3n) is 6.22. The molecule has 0 radical (unpaired) electrons. The second-order valence-electron chi connectivity index (χ2n) is 8.34. The monoisotopic (exact) mass is 441 g/mol. The van der Waals surface area contributed by atoms with Crippen molar-refractivity contribution in [1.82, 2.24) is 0 Å². The van der Waals surface area contributed by atoms with E-state index in [0.717, 1.165) is 11.1 Å². The van der Waals surface area contributed by atoms with Crippen molar-refractivity contribution in [2.45, 2.75) is 26.8 Å². The minimum absolute atomic E-state index is 0.0271. The van der Waals surface area contributed by atoms with Gasteiger partial charge in [-0.1, -0.05) is 12.1 Å². The number of rotatable bonds is 3. The van der Waals surface area contributed by atoms with Gasteiger partial charge < -0.3 is 4.42 Å². The molecule has 164 valence electrons. The van der Waals surface area contributed by atoms with Crippen LogP contribution in [0.1, 0.15) is 56.1 Å². The lowest BCUT2D eigenvalue weighted by molar-refractivity contribution is 0.0970. The Kier molecular flexibility index (Phi) is 4.74. The molecule has 0 aliphatic carbocycles. The molecule has 5 rings (SSSR count). The maximum Gasteiger partial charge on any atom is 0.295 e. The average molecular weight is 441 g/mol. The van der Waals surface area contributed by atoms with Gasteiger partial charge in [0.25, 0.3) is 5.91 Å². The summed E-state index contributed by atoms with van der Waals surface area (Å²) in [4.78, 5) is 40.4. The van der Waals surface area contributed by atoms with Crippen LogP contribution in [-0.4, -0.2) is 11.7 Å². The van der Waals surface area contributed by atoms with Crippen LogP contribution < -0.4 is 10.3 Å². The Labute approximate surface area is 189 Å².